The van der Waals surface area contributed by atoms with Gasteiger partial charge in [-0.1, -0.05) is 18.2 Å². The summed E-state index contributed by atoms with van der Waals surface area (Å²) in [6.45, 7) is 0.803. The van der Waals surface area contributed by atoms with Crippen molar-refractivity contribution in [3.8, 4) is 0 Å². The van der Waals surface area contributed by atoms with E-state index in [4.69, 9.17) is 15.9 Å². The lowest BCUT2D eigenvalue weighted by atomic mass is 10.0. The Morgan fingerprint density at radius 1 is 1.06 bits per heavy atom. The molecule has 8 N–H and O–H groups in total. The number of aromatic amines is 1. The molecule has 12 nitrogen and oxygen atoms in total. The second kappa shape index (κ2) is 10.9. The van der Waals surface area contributed by atoms with Crippen LogP contribution >= 0.6 is 0 Å². The topological polar surface area (TPSA) is 204 Å². The minimum atomic E-state index is -1.63. The summed E-state index contributed by atoms with van der Waals surface area (Å²) in [6.07, 6.45) is 1.20. The van der Waals surface area contributed by atoms with Gasteiger partial charge in [-0.05, 0) is 25.0 Å². The first-order valence-corrected chi connectivity index (χ1v) is 9.71. The van der Waals surface area contributed by atoms with Crippen LogP contribution in [0.4, 0.5) is 0 Å². The molecule has 0 spiro atoms. The minimum Gasteiger partial charge on any atom is -0.481 e. The van der Waals surface area contributed by atoms with Crippen molar-refractivity contribution in [3.05, 3.63) is 36.0 Å². The number of rotatable bonds is 11. The molecule has 0 fully saturated rings. The monoisotopic (exact) mass is 447 g/mol. The van der Waals surface area contributed by atoms with E-state index in [1.54, 1.807) is 6.20 Å². The van der Waals surface area contributed by atoms with Gasteiger partial charge in [-0.15, -0.1) is 0 Å². The number of H-pyrrole nitrogens is 1. The van der Waals surface area contributed by atoms with E-state index in [-0.39, 0.29) is 6.42 Å². The number of benzene rings is 1. The van der Waals surface area contributed by atoms with E-state index in [0.717, 1.165) is 16.5 Å². The van der Waals surface area contributed by atoms with Crippen LogP contribution < -0.4 is 21.7 Å². The summed E-state index contributed by atoms with van der Waals surface area (Å²) in [6, 6.07) is 3.99. The lowest BCUT2D eigenvalue weighted by molar-refractivity contribution is -0.147. The van der Waals surface area contributed by atoms with Crippen LogP contribution in [0.5, 0.6) is 0 Å². The third-order valence-corrected chi connectivity index (χ3v) is 4.64. The summed E-state index contributed by atoms with van der Waals surface area (Å²) < 4.78 is 0. The molecule has 1 aromatic carbocycles. The molecule has 0 aliphatic carbocycles. The quantitative estimate of drug-likeness (QED) is 0.220. The van der Waals surface area contributed by atoms with Crippen LogP contribution in [0.2, 0.25) is 0 Å². The molecule has 0 saturated carbocycles. The van der Waals surface area contributed by atoms with Gasteiger partial charge in [0.1, 0.15) is 12.1 Å². The maximum absolute atomic E-state index is 12.4. The van der Waals surface area contributed by atoms with Crippen molar-refractivity contribution in [2.45, 2.75) is 37.9 Å². The first-order valence-electron chi connectivity index (χ1n) is 9.71. The van der Waals surface area contributed by atoms with Crippen LogP contribution in [-0.4, -0.2) is 69.5 Å². The van der Waals surface area contributed by atoms with Gasteiger partial charge < -0.3 is 36.9 Å². The molecule has 0 radical (unpaired) electrons. The number of amides is 3. The van der Waals surface area contributed by atoms with E-state index >= 15 is 0 Å². The van der Waals surface area contributed by atoms with Gasteiger partial charge in [0, 0.05) is 17.1 Å². The van der Waals surface area contributed by atoms with Gasteiger partial charge in [0.15, 0.2) is 0 Å². The van der Waals surface area contributed by atoms with E-state index in [0.29, 0.717) is 0 Å². The SMILES string of the molecule is C[C@H](NC(=O)[C@@H](N)Cc1c[nH]c2ccccc12)C(=O)NCC(=O)N[C@@H](CC(=O)O)C(=O)O. The summed E-state index contributed by atoms with van der Waals surface area (Å²) in [5.41, 5.74) is 7.73. The largest absolute Gasteiger partial charge is 0.481 e. The Kier molecular flexibility index (Phi) is 8.30. The Morgan fingerprint density at radius 3 is 2.41 bits per heavy atom. The molecule has 2 rings (SSSR count). The summed E-state index contributed by atoms with van der Waals surface area (Å²) >= 11 is 0. The zero-order valence-corrected chi connectivity index (χ0v) is 17.3. The van der Waals surface area contributed by atoms with Crippen molar-refractivity contribution in [2.75, 3.05) is 6.54 Å². The molecule has 0 aliphatic rings. The van der Waals surface area contributed by atoms with Gasteiger partial charge in [-0.3, -0.25) is 19.2 Å². The van der Waals surface area contributed by atoms with Crippen molar-refractivity contribution < 1.29 is 34.2 Å². The molecule has 12 heteroatoms. The van der Waals surface area contributed by atoms with Crippen molar-refractivity contribution in [1.29, 1.82) is 0 Å². The fourth-order valence-corrected chi connectivity index (χ4v) is 2.96. The summed E-state index contributed by atoms with van der Waals surface area (Å²) in [4.78, 5) is 61.0. The second-order valence-electron chi connectivity index (χ2n) is 7.17. The van der Waals surface area contributed by atoms with Gasteiger partial charge in [-0.25, -0.2) is 4.79 Å². The highest BCUT2D eigenvalue weighted by atomic mass is 16.4. The number of carbonyl (C=O) groups excluding carboxylic acids is 3. The fourth-order valence-electron chi connectivity index (χ4n) is 2.96. The zero-order valence-electron chi connectivity index (χ0n) is 17.3. The molecule has 1 heterocycles. The Balaban J connectivity index is 1.82. The third-order valence-electron chi connectivity index (χ3n) is 4.64. The normalized spacial score (nSPS) is 13.6. The van der Waals surface area contributed by atoms with Gasteiger partial charge >= 0.3 is 11.9 Å². The maximum Gasteiger partial charge on any atom is 0.326 e. The lowest BCUT2D eigenvalue weighted by Gasteiger charge is -2.18. The van der Waals surface area contributed by atoms with Crippen LogP contribution in [0, 0.1) is 0 Å². The Morgan fingerprint density at radius 2 is 1.75 bits per heavy atom. The van der Waals surface area contributed by atoms with Gasteiger partial charge in [0.25, 0.3) is 0 Å². The predicted octanol–water partition coefficient (Wildman–Crippen LogP) is -1.30. The van der Waals surface area contributed by atoms with Crippen LogP contribution in [-0.2, 0) is 30.4 Å². The van der Waals surface area contributed by atoms with E-state index in [9.17, 15) is 24.0 Å². The number of para-hydroxylation sites is 1. The number of carboxylic acids is 2. The lowest BCUT2D eigenvalue weighted by Crippen LogP contribution is -2.52. The molecule has 0 bridgehead atoms. The standard InChI is InChI=1S/C20H25N5O7/c1-10(18(29)23-9-16(26)25-15(20(31)32)7-17(27)28)24-19(30)13(21)6-11-8-22-14-5-3-2-4-12(11)14/h2-5,8,10,13,15,22H,6-7,9,21H2,1H3,(H,23,29)(H,24,30)(H,25,26)(H,27,28)(H,31,32)/t10-,13-,15-/m0/s1. The summed E-state index contributed by atoms with van der Waals surface area (Å²) in [5, 5.41) is 25.2. The number of carboxylic acid groups (broad SMARTS) is 2. The minimum absolute atomic E-state index is 0.243. The molecule has 0 saturated heterocycles. The first kappa shape index (κ1) is 24.3. The number of aromatic nitrogens is 1. The third kappa shape index (κ3) is 6.80. The molecule has 172 valence electrons. The molecule has 2 aromatic rings. The van der Waals surface area contributed by atoms with Crippen LogP contribution in [0.1, 0.15) is 18.9 Å². The number of aliphatic carboxylic acids is 2. The van der Waals surface area contributed by atoms with E-state index < -0.39 is 60.8 Å². The highest BCUT2D eigenvalue weighted by molar-refractivity contribution is 5.93. The molecule has 0 aliphatic heterocycles. The van der Waals surface area contributed by atoms with Crippen molar-refractivity contribution in [3.63, 3.8) is 0 Å². The highest BCUT2D eigenvalue weighted by Gasteiger charge is 2.24. The van der Waals surface area contributed by atoms with E-state index in [2.05, 4.69) is 15.6 Å². The summed E-state index contributed by atoms with van der Waals surface area (Å²) in [5.74, 6) is -5.06. The number of carbonyl (C=O) groups is 5. The Hall–Kier alpha value is -3.93. The number of nitrogens with one attached hydrogen (secondary N) is 4. The number of nitrogens with two attached hydrogens (primary N) is 1. The van der Waals surface area contributed by atoms with E-state index in [1.165, 1.54) is 6.92 Å². The number of hydrogen-bond acceptors (Lipinski definition) is 6. The van der Waals surface area contributed by atoms with Crippen LogP contribution in [0.3, 0.4) is 0 Å². The molecule has 0 unspecified atom stereocenters. The van der Waals surface area contributed by atoms with Gasteiger partial charge in [0.2, 0.25) is 17.7 Å². The average molecular weight is 447 g/mol. The van der Waals surface area contributed by atoms with Gasteiger partial charge in [0.05, 0.1) is 19.0 Å². The molecule has 1 aromatic heterocycles. The smallest absolute Gasteiger partial charge is 0.326 e. The van der Waals surface area contributed by atoms with Crippen molar-refractivity contribution in [1.82, 2.24) is 20.9 Å². The zero-order chi connectivity index (χ0) is 23.8. The van der Waals surface area contributed by atoms with Gasteiger partial charge in [-0.2, -0.15) is 0 Å². The fraction of sp³-hybridized carbons (Fsp3) is 0.350. The number of fused-ring (bicyclic) bond motifs is 1. The number of hydrogen-bond donors (Lipinski definition) is 7. The van der Waals surface area contributed by atoms with Crippen molar-refractivity contribution >= 4 is 40.6 Å². The molecular formula is C20H25N5O7. The van der Waals surface area contributed by atoms with Crippen LogP contribution in [0.15, 0.2) is 30.5 Å². The first-order chi connectivity index (χ1) is 15.1. The predicted molar refractivity (Wildman–Crippen MR) is 112 cm³/mol. The Labute approximate surface area is 182 Å². The summed E-state index contributed by atoms with van der Waals surface area (Å²) in [7, 11) is 0. The molecule has 32 heavy (non-hydrogen) atoms. The van der Waals surface area contributed by atoms with E-state index in [1.807, 2.05) is 29.6 Å². The van der Waals surface area contributed by atoms with Crippen molar-refractivity contribution in [2.24, 2.45) is 5.73 Å². The van der Waals surface area contributed by atoms with Crippen LogP contribution in [0.25, 0.3) is 10.9 Å². The average Bonchev–Trinajstić information content (AvgIpc) is 3.13. The maximum atomic E-state index is 12.4. The highest BCUT2D eigenvalue weighted by Crippen LogP contribution is 2.18. The molecule has 3 atom stereocenters. The second-order valence-corrected chi connectivity index (χ2v) is 7.17. The molecular weight excluding hydrogens is 422 g/mol. The molecule has 3 amide bonds. The Bertz CT molecular complexity index is 1020.